The Kier molecular flexibility index (Phi) is 3.99. The van der Waals surface area contributed by atoms with Gasteiger partial charge in [0, 0.05) is 0 Å². The van der Waals surface area contributed by atoms with Crippen molar-refractivity contribution in [1.82, 2.24) is 4.72 Å². The molecule has 0 spiro atoms. The minimum atomic E-state index is -3.65. The molecular weight excluding hydrogens is 274 g/mol. The van der Waals surface area contributed by atoms with Gasteiger partial charge in [0.25, 0.3) is 0 Å². The van der Waals surface area contributed by atoms with Crippen molar-refractivity contribution in [3.63, 3.8) is 0 Å². The Hall–Kier alpha value is -1.62. The van der Waals surface area contributed by atoms with Crippen molar-refractivity contribution < 1.29 is 13.2 Å². The maximum atomic E-state index is 12.2. The van der Waals surface area contributed by atoms with E-state index in [0.29, 0.717) is 18.4 Å². The molecule has 0 aromatic heterocycles. The van der Waals surface area contributed by atoms with Crippen molar-refractivity contribution in [3.8, 4) is 0 Å². The van der Waals surface area contributed by atoms with E-state index in [4.69, 9.17) is 0 Å². The van der Waals surface area contributed by atoms with Gasteiger partial charge in [-0.25, -0.2) is 8.42 Å². The summed E-state index contributed by atoms with van der Waals surface area (Å²) in [5.74, 6) is -0.502. The lowest BCUT2D eigenvalue weighted by atomic mass is 10.00. The summed E-state index contributed by atoms with van der Waals surface area (Å²) in [6.45, 7) is 5.58. The van der Waals surface area contributed by atoms with Crippen molar-refractivity contribution in [2.24, 2.45) is 11.3 Å². The average Bonchev–Trinajstić information content (AvgIpc) is 3.14. The number of nitrogens with one attached hydrogen (secondary N) is 1. The lowest BCUT2D eigenvalue weighted by Crippen LogP contribution is -2.38. The van der Waals surface area contributed by atoms with Crippen LogP contribution < -0.4 is 4.72 Å². The normalized spacial score (nSPS) is 24.9. The van der Waals surface area contributed by atoms with E-state index in [9.17, 15) is 13.2 Å². The summed E-state index contributed by atoms with van der Waals surface area (Å²) in [5.41, 5.74) is 0.0836. The number of hydrogen-bond acceptors (Lipinski definition) is 3. The molecule has 5 heteroatoms. The molecule has 0 heterocycles. The van der Waals surface area contributed by atoms with Gasteiger partial charge in [0.15, 0.2) is 0 Å². The van der Waals surface area contributed by atoms with Gasteiger partial charge < -0.3 is 0 Å². The fourth-order valence-electron chi connectivity index (χ4n) is 2.54. The number of amides is 1. The first-order chi connectivity index (χ1) is 9.43. The average molecular weight is 293 g/mol. The molecule has 1 fully saturated rings. The van der Waals surface area contributed by atoms with Gasteiger partial charge in [0.2, 0.25) is 15.9 Å². The minimum absolute atomic E-state index is 0.0828. The summed E-state index contributed by atoms with van der Waals surface area (Å²) in [5, 5.41) is 0. The Balaban J connectivity index is 2.06. The first-order valence-electron chi connectivity index (χ1n) is 6.65. The molecule has 4 nitrogen and oxygen atoms in total. The number of sulfonamides is 1. The Morgan fingerprint density at radius 1 is 1.45 bits per heavy atom. The van der Waals surface area contributed by atoms with Crippen LogP contribution >= 0.6 is 0 Å². The Labute approximate surface area is 119 Å². The van der Waals surface area contributed by atoms with Crippen LogP contribution in [0.5, 0.6) is 0 Å². The second kappa shape index (κ2) is 5.40. The van der Waals surface area contributed by atoms with Gasteiger partial charge in [-0.2, -0.15) is 0 Å². The summed E-state index contributed by atoms with van der Waals surface area (Å²) in [6.07, 6.45) is 3.03. The van der Waals surface area contributed by atoms with E-state index in [0.717, 1.165) is 0 Å². The summed E-state index contributed by atoms with van der Waals surface area (Å²) >= 11 is 0. The maximum Gasteiger partial charge on any atom is 0.240 e. The summed E-state index contributed by atoms with van der Waals surface area (Å²) < 4.78 is 26.3. The molecule has 20 heavy (non-hydrogen) atoms. The standard InChI is InChI=1S/C15H19NO3S/c1-3-13-10-15(13,4-2)14(17)16-20(18,19)11-12-8-6-5-7-9-12/h3,5-9,13H,1,4,10-11H2,2H3,(H,16,17)/t13-,15+/m1/s1. The SMILES string of the molecule is C=C[C@@H]1C[C@]1(CC)C(=O)NS(=O)(=O)Cc1ccccc1. The predicted molar refractivity (Wildman–Crippen MR) is 78.2 cm³/mol. The largest absolute Gasteiger partial charge is 0.273 e. The molecule has 1 saturated carbocycles. The Morgan fingerprint density at radius 2 is 2.10 bits per heavy atom. The fourth-order valence-corrected chi connectivity index (χ4v) is 3.73. The molecule has 1 aromatic rings. The monoisotopic (exact) mass is 293 g/mol. The van der Waals surface area contributed by atoms with Gasteiger partial charge in [-0.3, -0.25) is 9.52 Å². The van der Waals surface area contributed by atoms with Crippen molar-refractivity contribution in [1.29, 1.82) is 0 Å². The quantitative estimate of drug-likeness (QED) is 0.818. The van der Waals surface area contributed by atoms with Gasteiger partial charge in [-0.05, 0) is 24.3 Å². The van der Waals surface area contributed by atoms with Crippen LogP contribution in [-0.2, 0) is 20.6 Å². The van der Waals surface area contributed by atoms with Crippen LogP contribution in [0.4, 0.5) is 0 Å². The van der Waals surface area contributed by atoms with Gasteiger partial charge >= 0.3 is 0 Å². The van der Waals surface area contributed by atoms with E-state index in [1.54, 1.807) is 30.3 Å². The van der Waals surface area contributed by atoms with Crippen LogP contribution in [0.25, 0.3) is 0 Å². The molecule has 1 aliphatic rings. The van der Waals surface area contributed by atoms with Crippen molar-refractivity contribution in [2.75, 3.05) is 0 Å². The van der Waals surface area contributed by atoms with E-state index >= 15 is 0 Å². The Morgan fingerprint density at radius 3 is 2.60 bits per heavy atom. The fraction of sp³-hybridized carbons (Fsp3) is 0.400. The molecule has 0 saturated heterocycles. The van der Waals surface area contributed by atoms with Crippen molar-refractivity contribution in [2.45, 2.75) is 25.5 Å². The topological polar surface area (TPSA) is 63.2 Å². The lowest BCUT2D eigenvalue weighted by Gasteiger charge is -2.14. The van der Waals surface area contributed by atoms with Gasteiger partial charge in [-0.1, -0.05) is 43.3 Å². The van der Waals surface area contributed by atoms with E-state index in [2.05, 4.69) is 11.3 Å². The highest BCUT2D eigenvalue weighted by molar-refractivity contribution is 7.89. The molecule has 1 amide bonds. The third-order valence-electron chi connectivity index (χ3n) is 3.95. The highest BCUT2D eigenvalue weighted by Crippen LogP contribution is 2.56. The molecule has 1 aliphatic carbocycles. The van der Waals surface area contributed by atoms with Crippen LogP contribution in [0.3, 0.4) is 0 Å². The van der Waals surface area contributed by atoms with Crippen LogP contribution in [0, 0.1) is 11.3 Å². The number of carbonyl (C=O) groups is 1. The zero-order valence-electron chi connectivity index (χ0n) is 11.5. The molecule has 108 valence electrons. The summed E-state index contributed by atoms with van der Waals surface area (Å²) in [7, 11) is -3.65. The summed E-state index contributed by atoms with van der Waals surface area (Å²) in [4.78, 5) is 12.2. The molecule has 0 radical (unpaired) electrons. The zero-order chi connectivity index (χ0) is 14.8. The van der Waals surface area contributed by atoms with Crippen molar-refractivity contribution in [3.05, 3.63) is 48.6 Å². The zero-order valence-corrected chi connectivity index (χ0v) is 12.3. The molecule has 1 N–H and O–H groups in total. The number of benzene rings is 1. The number of rotatable bonds is 6. The molecule has 0 unspecified atom stereocenters. The number of hydrogen-bond donors (Lipinski definition) is 1. The van der Waals surface area contributed by atoms with Crippen LogP contribution in [-0.4, -0.2) is 14.3 Å². The first kappa shape index (κ1) is 14.8. The molecule has 0 aliphatic heterocycles. The molecule has 2 atom stereocenters. The first-order valence-corrected chi connectivity index (χ1v) is 8.30. The van der Waals surface area contributed by atoms with Gasteiger partial charge in [0.1, 0.15) is 0 Å². The molecule has 2 rings (SSSR count). The highest BCUT2D eigenvalue weighted by Gasteiger charge is 2.57. The van der Waals surface area contributed by atoms with E-state index in [1.165, 1.54) is 0 Å². The lowest BCUT2D eigenvalue weighted by molar-refractivity contribution is -0.124. The second-order valence-corrected chi connectivity index (χ2v) is 6.95. The van der Waals surface area contributed by atoms with Gasteiger partial charge in [0.05, 0.1) is 11.2 Å². The van der Waals surface area contributed by atoms with E-state index < -0.39 is 21.3 Å². The van der Waals surface area contributed by atoms with Crippen LogP contribution in [0.15, 0.2) is 43.0 Å². The molecule has 1 aromatic carbocycles. The van der Waals surface area contributed by atoms with E-state index in [1.807, 2.05) is 13.0 Å². The molecular formula is C15H19NO3S. The summed E-state index contributed by atoms with van der Waals surface area (Å²) in [6, 6.07) is 8.81. The van der Waals surface area contributed by atoms with Crippen LogP contribution in [0.1, 0.15) is 25.3 Å². The van der Waals surface area contributed by atoms with Crippen LogP contribution in [0.2, 0.25) is 0 Å². The highest BCUT2D eigenvalue weighted by atomic mass is 32.2. The number of carbonyl (C=O) groups excluding carboxylic acids is 1. The third-order valence-corrected chi connectivity index (χ3v) is 5.16. The number of allylic oxidation sites excluding steroid dienone is 1. The predicted octanol–water partition coefficient (Wildman–Crippen LogP) is 2.23. The molecule has 0 bridgehead atoms. The smallest absolute Gasteiger partial charge is 0.240 e. The Bertz CT molecular complexity index is 609. The van der Waals surface area contributed by atoms with E-state index in [-0.39, 0.29) is 11.7 Å². The second-order valence-electron chi connectivity index (χ2n) is 5.23. The third kappa shape index (κ3) is 2.93. The van der Waals surface area contributed by atoms with Crippen molar-refractivity contribution >= 4 is 15.9 Å². The maximum absolute atomic E-state index is 12.2. The minimum Gasteiger partial charge on any atom is -0.273 e. The van der Waals surface area contributed by atoms with Gasteiger partial charge in [-0.15, -0.1) is 6.58 Å².